The summed E-state index contributed by atoms with van der Waals surface area (Å²) in [6, 6.07) is 15.8. The molecular weight excluding hydrogens is 481 g/mol. The van der Waals surface area contributed by atoms with Crippen molar-refractivity contribution in [3.05, 3.63) is 77.1 Å². The van der Waals surface area contributed by atoms with Crippen LogP contribution >= 0.6 is 23.4 Å². The zero-order valence-electron chi connectivity index (χ0n) is 17.9. The van der Waals surface area contributed by atoms with Crippen molar-refractivity contribution in [2.24, 2.45) is 0 Å². The molecular formula is C24H19ClFN3O4S. The number of nitrogens with one attached hydrogen (secondary N) is 2. The van der Waals surface area contributed by atoms with Crippen molar-refractivity contribution in [1.82, 2.24) is 0 Å². The Bertz CT molecular complexity index is 1290. The summed E-state index contributed by atoms with van der Waals surface area (Å²) in [4.78, 5) is 40.1. The molecule has 1 aliphatic rings. The predicted molar refractivity (Wildman–Crippen MR) is 131 cm³/mol. The lowest BCUT2D eigenvalue weighted by molar-refractivity contribution is -0.120. The fourth-order valence-electron chi connectivity index (χ4n) is 3.42. The van der Waals surface area contributed by atoms with Crippen LogP contribution in [-0.4, -0.2) is 37.1 Å². The minimum atomic E-state index is -0.766. The fraction of sp³-hybridized carbons (Fsp3) is 0.125. The van der Waals surface area contributed by atoms with Gasteiger partial charge in [-0.1, -0.05) is 23.7 Å². The van der Waals surface area contributed by atoms with Crippen LogP contribution in [0.3, 0.4) is 0 Å². The van der Waals surface area contributed by atoms with Gasteiger partial charge < -0.3 is 20.3 Å². The minimum Gasteiger partial charge on any atom is -0.495 e. The van der Waals surface area contributed by atoms with Crippen LogP contribution in [0.4, 0.5) is 21.5 Å². The first-order valence-corrected chi connectivity index (χ1v) is 11.5. The number of carbonyl (C=O) groups excluding carboxylic acids is 3. The highest BCUT2D eigenvalue weighted by Gasteiger charge is 2.26. The van der Waals surface area contributed by atoms with E-state index in [1.165, 1.54) is 42.0 Å². The Morgan fingerprint density at radius 2 is 1.91 bits per heavy atom. The van der Waals surface area contributed by atoms with Gasteiger partial charge in [0.1, 0.15) is 18.1 Å². The van der Waals surface area contributed by atoms with Crippen molar-refractivity contribution in [2.45, 2.75) is 4.90 Å². The highest BCUT2D eigenvalue weighted by atomic mass is 35.5. The van der Waals surface area contributed by atoms with Crippen molar-refractivity contribution in [3.8, 4) is 5.75 Å². The smallest absolute Gasteiger partial charge is 0.258 e. The van der Waals surface area contributed by atoms with Crippen LogP contribution in [0.5, 0.6) is 5.75 Å². The van der Waals surface area contributed by atoms with Crippen LogP contribution < -0.4 is 20.3 Å². The molecule has 0 unspecified atom stereocenters. The van der Waals surface area contributed by atoms with Crippen LogP contribution in [0.2, 0.25) is 5.02 Å². The maximum absolute atomic E-state index is 14.1. The quantitative estimate of drug-likeness (QED) is 0.508. The Kier molecular flexibility index (Phi) is 7.04. The van der Waals surface area contributed by atoms with E-state index >= 15 is 0 Å². The van der Waals surface area contributed by atoms with Gasteiger partial charge in [0.2, 0.25) is 11.8 Å². The van der Waals surface area contributed by atoms with Crippen molar-refractivity contribution in [3.63, 3.8) is 0 Å². The maximum atomic E-state index is 14.1. The molecule has 3 amide bonds. The SMILES string of the molecule is COc1ccc(NC(=O)CN2C(=O)CSc3ccccc32)cc1NC(=O)c1ccc(Cl)cc1F. The zero-order chi connectivity index (χ0) is 24.2. The molecule has 3 aromatic carbocycles. The van der Waals surface area contributed by atoms with Crippen LogP contribution in [-0.2, 0) is 9.59 Å². The molecule has 1 heterocycles. The Labute approximate surface area is 204 Å². The van der Waals surface area contributed by atoms with Gasteiger partial charge in [-0.25, -0.2) is 4.39 Å². The Morgan fingerprint density at radius 1 is 1.12 bits per heavy atom. The summed E-state index contributed by atoms with van der Waals surface area (Å²) in [6.45, 7) is -0.167. The first-order valence-electron chi connectivity index (χ1n) is 10.1. The molecule has 174 valence electrons. The van der Waals surface area contributed by atoms with Gasteiger partial charge in [-0.2, -0.15) is 0 Å². The first kappa shape index (κ1) is 23.6. The molecule has 0 aromatic heterocycles. The summed E-state index contributed by atoms with van der Waals surface area (Å²) in [5, 5.41) is 5.48. The second-order valence-corrected chi connectivity index (χ2v) is 8.73. The molecule has 0 radical (unpaired) electrons. The number of methoxy groups -OCH3 is 1. The normalized spacial score (nSPS) is 12.7. The minimum absolute atomic E-state index is 0.161. The summed E-state index contributed by atoms with van der Waals surface area (Å²) in [7, 11) is 1.42. The Balaban J connectivity index is 1.50. The van der Waals surface area contributed by atoms with Crippen molar-refractivity contribution in [1.29, 1.82) is 0 Å². The monoisotopic (exact) mass is 499 g/mol. The van der Waals surface area contributed by atoms with Gasteiger partial charge >= 0.3 is 0 Å². The zero-order valence-corrected chi connectivity index (χ0v) is 19.5. The largest absolute Gasteiger partial charge is 0.495 e. The molecule has 7 nitrogen and oxygen atoms in total. The van der Waals surface area contributed by atoms with E-state index in [2.05, 4.69) is 10.6 Å². The van der Waals surface area contributed by atoms with Crippen LogP contribution in [0.15, 0.2) is 65.6 Å². The van der Waals surface area contributed by atoms with Gasteiger partial charge in [0, 0.05) is 15.6 Å². The molecule has 1 aliphatic heterocycles. The summed E-state index contributed by atoms with van der Waals surface area (Å²) in [5.41, 5.74) is 1.09. The number of fused-ring (bicyclic) bond motifs is 1. The van der Waals surface area contributed by atoms with E-state index in [0.717, 1.165) is 11.0 Å². The summed E-state index contributed by atoms with van der Waals surface area (Å²) in [6.07, 6.45) is 0. The number of carbonyl (C=O) groups is 3. The van der Waals surface area contributed by atoms with Crippen molar-refractivity contribution in [2.75, 3.05) is 34.9 Å². The van der Waals surface area contributed by atoms with E-state index in [1.807, 2.05) is 18.2 Å². The lowest BCUT2D eigenvalue weighted by atomic mass is 10.2. The van der Waals surface area contributed by atoms with E-state index in [4.69, 9.17) is 16.3 Å². The van der Waals surface area contributed by atoms with Crippen LogP contribution in [0, 0.1) is 5.82 Å². The van der Waals surface area contributed by atoms with E-state index < -0.39 is 17.6 Å². The number of hydrogen-bond donors (Lipinski definition) is 2. The third-order valence-corrected chi connectivity index (χ3v) is 6.30. The van der Waals surface area contributed by atoms with Crippen LogP contribution in [0.25, 0.3) is 0 Å². The van der Waals surface area contributed by atoms with E-state index in [-0.39, 0.29) is 34.5 Å². The molecule has 4 rings (SSSR count). The number of amides is 3. The molecule has 0 saturated heterocycles. The number of hydrogen-bond acceptors (Lipinski definition) is 5. The summed E-state index contributed by atoms with van der Waals surface area (Å²) >= 11 is 7.18. The van der Waals surface area contributed by atoms with Gasteiger partial charge in [0.25, 0.3) is 5.91 Å². The van der Waals surface area contributed by atoms with E-state index in [9.17, 15) is 18.8 Å². The fourth-order valence-corrected chi connectivity index (χ4v) is 4.51. The number of anilines is 3. The predicted octanol–water partition coefficient (Wildman–Crippen LogP) is 4.82. The van der Waals surface area contributed by atoms with Gasteiger partial charge in [0.05, 0.1) is 29.8 Å². The van der Waals surface area contributed by atoms with Crippen LogP contribution in [0.1, 0.15) is 10.4 Å². The highest BCUT2D eigenvalue weighted by Crippen LogP contribution is 2.35. The lowest BCUT2D eigenvalue weighted by Gasteiger charge is -2.28. The van der Waals surface area contributed by atoms with Gasteiger partial charge in [-0.3, -0.25) is 14.4 Å². The number of para-hydroxylation sites is 1. The molecule has 0 spiro atoms. The lowest BCUT2D eigenvalue weighted by Crippen LogP contribution is -2.41. The topological polar surface area (TPSA) is 87.7 Å². The Hall–Kier alpha value is -3.56. The first-order chi connectivity index (χ1) is 16.4. The number of benzene rings is 3. The molecule has 0 bridgehead atoms. The average molecular weight is 500 g/mol. The highest BCUT2D eigenvalue weighted by molar-refractivity contribution is 8.00. The van der Waals surface area contributed by atoms with Crippen molar-refractivity contribution < 1.29 is 23.5 Å². The molecule has 0 aliphatic carbocycles. The number of halogens is 2. The molecule has 0 fully saturated rings. The van der Waals surface area contributed by atoms with Gasteiger partial charge in [-0.05, 0) is 48.5 Å². The molecule has 0 saturated carbocycles. The van der Waals surface area contributed by atoms with E-state index in [0.29, 0.717) is 17.1 Å². The summed E-state index contributed by atoms with van der Waals surface area (Å²) in [5.74, 6) is -1.47. The molecule has 3 aromatic rings. The number of thioether (sulfide) groups is 1. The molecule has 2 N–H and O–H groups in total. The molecule has 10 heteroatoms. The number of ether oxygens (including phenoxy) is 1. The second-order valence-electron chi connectivity index (χ2n) is 7.28. The molecule has 34 heavy (non-hydrogen) atoms. The third-order valence-electron chi connectivity index (χ3n) is 5.02. The van der Waals surface area contributed by atoms with E-state index in [1.54, 1.807) is 18.2 Å². The number of rotatable bonds is 6. The van der Waals surface area contributed by atoms with Crippen molar-refractivity contribution >= 4 is 58.1 Å². The Morgan fingerprint density at radius 3 is 2.68 bits per heavy atom. The third kappa shape index (κ3) is 5.16. The molecule has 0 atom stereocenters. The second kappa shape index (κ2) is 10.1. The van der Waals surface area contributed by atoms with Gasteiger partial charge in [-0.15, -0.1) is 11.8 Å². The number of nitrogens with zero attached hydrogens (tertiary/aromatic N) is 1. The summed E-state index contributed by atoms with van der Waals surface area (Å²) < 4.78 is 19.4. The average Bonchev–Trinajstić information content (AvgIpc) is 2.81. The standard InChI is InChI=1S/C24H19ClFN3O4S/c1-33-20-9-7-15(11-18(20)28-24(32)16-8-6-14(25)10-17(16)26)27-22(30)12-29-19-4-2-3-5-21(19)34-13-23(29)31/h2-11H,12-13H2,1H3,(H,27,30)(H,28,32). The van der Waals surface area contributed by atoms with Gasteiger partial charge in [0.15, 0.2) is 0 Å². The maximum Gasteiger partial charge on any atom is 0.258 e.